The molecule has 1 aliphatic rings. The minimum absolute atomic E-state index is 0.644. The Bertz CT molecular complexity index is 406. The second-order valence-electron chi connectivity index (χ2n) is 10.4. The van der Waals surface area contributed by atoms with Gasteiger partial charge in [0, 0.05) is 25.5 Å². The number of rotatable bonds is 24. The zero-order valence-corrected chi connectivity index (χ0v) is 22.6. The van der Waals surface area contributed by atoms with Crippen molar-refractivity contribution in [2.75, 3.05) is 13.1 Å². The Morgan fingerprint density at radius 3 is 1.16 bits per heavy atom. The van der Waals surface area contributed by atoms with Crippen LogP contribution in [0.3, 0.4) is 0 Å². The summed E-state index contributed by atoms with van der Waals surface area (Å²) in [5, 5.41) is 0. The van der Waals surface area contributed by atoms with Crippen molar-refractivity contribution in [3.05, 3.63) is 12.4 Å². The van der Waals surface area contributed by atoms with Gasteiger partial charge in [0.2, 0.25) is 0 Å². The second kappa shape index (κ2) is 22.1. The van der Waals surface area contributed by atoms with Crippen LogP contribution >= 0.6 is 0 Å². The first-order valence-electron chi connectivity index (χ1n) is 15.0. The first-order valence-corrected chi connectivity index (χ1v) is 15.0. The molecule has 0 saturated carbocycles. The minimum Gasteiger partial charge on any atom is -0.356 e. The maximum atomic E-state index is 2.67. The van der Waals surface area contributed by atoms with Gasteiger partial charge in [0.25, 0.3) is 0 Å². The largest absolute Gasteiger partial charge is 0.356 e. The van der Waals surface area contributed by atoms with E-state index in [1.54, 1.807) is 0 Å². The molecule has 0 fully saturated rings. The second-order valence-corrected chi connectivity index (χ2v) is 10.4. The zero-order valence-electron chi connectivity index (χ0n) is 22.6. The van der Waals surface area contributed by atoms with Crippen LogP contribution in [0.25, 0.3) is 0 Å². The van der Waals surface area contributed by atoms with Crippen LogP contribution < -0.4 is 0 Å². The van der Waals surface area contributed by atoms with Gasteiger partial charge in [0.05, 0.1) is 0 Å². The molecular formula is C30H60N2. The Kier molecular flexibility index (Phi) is 20.3. The van der Waals surface area contributed by atoms with Crippen molar-refractivity contribution >= 4 is 0 Å². The lowest BCUT2D eigenvalue weighted by molar-refractivity contribution is 0.135. The maximum Gasteiger partial charge on any atom is 0.101 e. The highest BCUT2D eigenvalue weighted by molar-refractivity contribution is 4.96. The summed E-state index contributed by atoms with van der Waals surface area (Å²) >= 11 is 0. The zero-order chi connectivity index (χ0) is 23.1. The molecule has 0 spiro atoms. The molecule has 0 aromatic heterocycles. The molecule has 0 aromatic rings. The monoisotopic (exact) mass is 448 g/mol. The van der Waals surface area contributed by atoms with Crippen LogP contribution in [0.15, 0.2) is 12.4 Å². The Morgan fingerprint density at radius 1 is 0.406 bits per heavy atom. The van der Waals surface area contributed by atoms with Crippen molar-refractivity contribution in [1.29, 1.82) is 0 Å². The van der Waals surface area contributed by atoms with E-state index in [0.717, 1.165) is 0 Å². The smallest absolute Gasteiger partial charge is 0.101 e. The Hall–Kier alpha value is -0.660. The van der Waals surface area contributed by atoms with E-state index in [9.17, 15) is 0 Å². The average molecular weight is 449 g/mol. The van der Waals surface area contributed by atoms with E-state index in [2.05, 4.69) is 43.0 Å². The molecule has 0 bridgehead atoms. The van der Waals surface area contributed by atoms with Crippen molar-refractivity contribution in [1.82, 2.24) is 9.80 Å². The van der Waals surface area contributed by atoms with Crippen LogP contribution in [-0.4, -0.2) is 29.1 Å². The summed E-state index contributed by atoms with van der Waals surface area (Å²) in [6.45, 7) is 9.43. The Labute approximate surface area is 203 Å². The van der Waals surface area contributed by atoms with Crippen molar-refractivity contribution < 1.29 is 0 Å². The third-order valence-electron chi connectivity index (χ3n) is 7.32. The van der Waals surface area contributed by atoms with Crippen LogP contribution in [0.4, 0.5) is 0 Å². The SMILES string of the molecule is CCCCCCCCCCCCCCCC1N(CCCCC)C=CN1CCCCCCC. The summed E-state index contributed by atoms with van der Waals surface area (Å²) in [6.07, 6.45) is 36.6. The van der Waals surface area contributed by atoms with E-state index < -0.39 is 0 Å². The fraction of sp³-hybridized carbons (Fsp3) is 0.933. The van der Waals surface area contributed by atoms with Crippen molar-refractivity contribution in [2.45, 2.75) is 168 Å². The fourth-order valence-electron chi connectivity index (χ4n) is 5.13. The minimum atomic E-state index is 0.644. The molecule has 0 aromatic carbocycles. The lowest BCUT2D eigenvalue weighted by atomic mass is 10.0. The topological polar surface area (TPSA) is 6.48 Å². The molecule has 0 radical (unpaired) electrons. The van der Waals surface area contributed by atoms with Gasteiger partial charge in [-0.1, -0.05) is 136 Å². The van der Waals surface area contributed by atoms with Gasteiger partial charge in [-0.3, -0.25) is 0 Å². The maximum absolute atomic E-state index is 2.67. The first-order chi connectivity index (χ1) is 15.8. The molecule has 2 heteroatoms. The predicted molar refractivity (Wildman–Crippen MR) is 145 cm³/mol. The number of hydrogen-bond acceptors (Lipinski definition) is 2. The van der Waals surface area contributed by atoms with Gasteiger partial charge in [-0.25, -0.2) is 0 Å². The molecular weight excluding hydrogens is 388 g/mol. The molecule has 190 valence electrons. The average Bonchev–Trinajstić information content (AvgIpc) is 3.18. The number of unbranched alkanes of at least 4 members (excludes halogenated alkanes) is 18. The number of hydrogen-bond donors (Lipinski definition) is 0. The van der Waals surface area contributed by atoms with Gasteiger partial charge >= 0.3 is 0 Å². The van der Waals surface area contributed by atoms with Gasteiger partial charge < -0.3 is 9.80 Å². The van der Waals surface area contributed by atoms with Crippen LogP contribution in [0.5, 0.6) is 0 Å². The highest BCUT2D eigenvalue weighted by Gasteiger charge is 2.24. The molecule has 1 rings (SSSR count). The molecule has 0 aliphatic carbocycles. The van der Waals surface area contributed by atoms with E-state index in [1.165, 1.54) is 154 Å². The summed E-state index contributed by atoms with van der Waals surface area (Å²) in [7, 11) is 0. The molecule has 1 aliphatic heterocycles. The van der Waals surface area contributed by atoms with E-state index in [1.807, 2.05) is 0 Å². The van der Waals surface area contributed by atoms with Gasteiger partial charge in [0.1, 0.15) is 6.17 Å². The predicted octanol–water partition coefficient (Wildman–Crippen LogP) is 10.0. The van der Waals surface area contributed by atoms with Crippen LogP contribution in [0.1, 0.15) is 162 Å². The van der Waals surface area contributed by atoms with Gasteiger partial charge in [-0.15, -0.1) is 0 Å². The van der Waals surface area contributed by atoms with Crippen molar-refractivity contribution in [2.24, 2.45) is 0 Å². The van der Waals surface area contributed by atoms with E-state index in [-0.39, 0.29) is 0 Å². The van der Waals surface area contributed by atoms with Gasteiger partial charge in [-0.05, 0) is 25.7 Å². The molecule has 0 N–H and O–H groups in total. The van der Waals surface area contributed by atoms with Crippen LogP contribution in [0.2, 0.25) is 0 Å². The molecule has 1 heterocycles. The Balaban J connectivity index is 2.12. The molecule has 1 unspecified atom stereocenters. The molecule has 0 amide bonds. The summed E-state index contributed by atoms with van der Waals surface area (Å²) in [5.41, 5.74) is 0. The van der Waals surface area contributed by atoms with E-state index in [0.29, 0.717) is 6.17 Å². The molecule has 2 nitrogen and oxygen atoms in total. The van der Waals surface area contributed by atoms with Gasteiger partial charge in [0.15, 0.2) is 0 Å². The molecule has 32 heavy (non-hydrogen) atoms. The van der Waals surface area contributed by atoms with E-state index >= 15 is 0 Å². The first kappa shape index (κ1) is 29.4. The number of nitrogens with zero attached hydrogens (tertiary/aromatic N) is 2. The lowest BCUT2D eigenvalue weighted by Crippen LogP contribution is -2.39. The fourth-order valence-corrected chi connectivity index (χ4v) is 5.13. The van der Waals surface area contributed by atoms with Crippen LogP contribution in [-0.2, 0) is 0 Å². The Morgan fingerprint density at radius 2 is 0.719 bits per heavy atom. The summed E-state index contributed by atoms with van der Waals surface area (Å²) < 4.78 is 0. The normalized spacial score (nSPS) is 15.9. The molecule has 1 atom stereocenters. The third kappa shape index (κ3) is 15.2. The van der Waals surface area contributed by atoms with Crippen molar-refractivity contribution in [3.8, 4) is 0 Å². The quantitative estimate of drug-likeness (QED) is 0.135. The summed E-state index contributed by atoms with van der Waals surface area (Å²) in [6, 6.07) is 0. The highest BCUT2D eigenvalue weighted by Crippen LogP contribution is 2.23. The standard InChI is InChI=1S/C30H60N2/c1-4-7-10-12-13-14-15-16-17-18-19-20-22-25-30-31(26-23-9-6-3)28-29-32(30)27-24-21-11-8-5-2/h28-30H,4-27H2,1-3H3. The molecule has 0 saturated heterocycles. The third-order valence-corrected chi connectivity index (χ3v) is 7.32. The lowest BCUT2D eigenvalue weighted by Gasteiger charge is -2.33. The van der Waals surface area contributed by atoms with Crippen LogP contribution in [0, 0.1) is 0 Å². The van der Waals surface area contributed by atoms with Gasteiger partial charge in [-0.2, -0.15) is 0 Å². The summed E-state index contributed by atoms with van der Waals surface area (Å²) in [5.74, 6) is 0. The summed E-state index contributed by atoms with van der Waals surface area (Å²) in [4.78, 5) is 5.32. The van der Waals surface area contributed by atoms with Crippen molar-refractivity contribution in [3.63, 3.8) is 0 Å². The highest BCUT2D eigenvalue weighted by atomic mass is 15.4. The van der Waals surface area contributed by atoms with E-state index in [4.69, 9.17) is 0 Å².